The molecule has 0 fully saturated rings. The summed E-state index contributed by atoms with van der Waals surface area (Å²) >= 11 is 0. The first kappa shape index (κ1) is 17.0. The van der Waals surface area contributed by atoms with Crippen molar-refractivity contribution in [2.45, 2.75) is 12.8 Å². The Balaban J connectivity index is 0. The molecule has 0 saturated carbocycles. The van der Waals surface area contributed by atoms with Crippen LogP contribution in [0.5, 0.6) is 0 Å². The number of hydrogen-bond donors (Lipinski definition) is 0. The molecular formula is C4H8F4NO4S2-. The Labute approximate surface area is 85.2 Å². The third-order valence-electron chi connectivity index (χ3n) is 0.695. The summed E-state index contributed by atoms with van der Waals surface area (Å²) in [5.74, 6) is 0. The zero-order chi connectivity index (χ0) is 12.5. The molecule has 0 aromatic carbocycles. The first-order chi connectivity index (χ1) is 6.62. The molecule has 0 unspecified atom stereocenters. The molecule has 0 aliphatic heterocycles. The summed E-state index contributed by atoms with van der Waals surface area (Å²) in [4.78, 5) is 0. The largest absolute Gasteiger partial charge is 0.379 e. The van der Waals surface area contributed by atoms with Crippen molar-refractivity contribution in [2.75, 3.05) is 13.3 Å². The van der Waals surface area contributed by atoms with Crippen molar-refractivity contribution in [1.29, 1.82) is 0 Å². The van der Waals surface area contributed by atoms with Crippen LogP contribution in [0.1, 0.15) is 12.8 Å². The molecule has 0 rings (SSSR count). The summed E-state index contributed by atoms with van der Waals surface area (Å²) in [6.07, 6.45) is 0.743. The highest BCUT2D eigenvalue weighted by atomic mass is 32.3. The Morgan fingerprint density at radius 2 is 1.07 bits per heavy atom. The molecule has 0 heterocycles. The van der Waals surface area contributed by atoms with Crippen molar-refractivity contribution in [2.24, 2.45) is 0 Å². The monoisotopic (exact) mass is 274 g/mol. The highest BCUT2D eigenvalue weighted by Gasteiger charge is 2.01. The summed E-state index contributed by atoms with van der Waals surface area (Å²) in [5.41, 5.74) is 0. The Hall–Kier alpha value is -0.420. The van der Waals surface area contributed by atoms with E-state index in [0.717, 1.165) is 4.13 Å². The van der Waals surface area contributed by atoms with Crippen LogP contribution in [0.4, 0.5) is 16.6 Å². The molecule has 0 aliphatic carbocycles. The predicted octanol–water partition coefficient (Wildman–Crippen LogP) is 1.49. The van der Waals surface area contributed by atoms with E-state index >= 15 is 0 Å². The van der Waals surface area contributed by atoms with E-state index in [2.05, 4.69) is 0 Å². The van der Waals surface area contributed by atoms with Gasteiger partial charge in [0.15, 0.2) is 0 Å². The van der Waals surface area contributed by atoms with Gasteiger partial charge >= 0.3 is 0 Å². The van der Waals surface area contributed by atoms with Crippen molar-refractivity contribution < 1.29 is 33.4 Å². The molecule has 11 heteroatoms. The van der Waals surface area contributed by atoms with Crippen LogP contribution in [-0.4, -0.2) is 30.2 Å². The maximum absolute atomic E-state index is 11.1. The van der Waals surface area contributed by atoms with Gasteiger partial charge in [-0.1, -0.05) is 0 Å². The van der Waals surface area contributed by atoms with E-state index in [1.807, 2.05) is 0 Å². The second-order valence-corrected chi connectivity index (χ2v) is 4.23. The fourth-order valence-corrected chi connectivity index (χ4v) is 1.15. The molecule has 0 amide bonds. The summed E-state index contributed by atoms with van der Waals surface area (Å²) in [6.45, 7) is -0.770. The van der Waals surface area contributed by atoms with Crippen LogP contribution in [-0.2, 0) is 20.8 Å². The van der Waals surface area contributed by atoms with Crippen LogP contribution in [0.3, 0.4) is 0 Å². The van der Waals surface area contributed by atoms with E-state index in [0.29, 0.717) is 12.8 Å². The number of hydrogen-bond acceptors (Lipinski definition) is 4. The number of rotatable bonds is 5. The lowest BCUT2D eigenvalue weighted by Gasteiger charge is -2.03. The second kappa shape index (κ2) is 7.82. The van der Waals surface area contributed by atoms with Crippen molar-refractivity contribution in [1.82, 2.24) is 0 Å². The SMILES string of the molecule is FCCCCF.O=S(=O)(F)[N-]S(=O)(=O)F. The Morgan fingerprint density at radius 1 is 0.800 bits per heavy atom. The van der Waals surface area contributed by atoms with E-state index in [1.165, 1.54) is 0 Å². The Bertz CT molecular complexity index is 306. The first-order valence-corrected chi connectivity index (χ1v) is 6.06. The number of halogens is 4. The Morgan fingerprint density at radius 3 is 1.13 bits per heavy atom. The average molecular weight is 274 g/mol. The molecule has 0 bridgehead atoms. The average Bonchev–Trinajstić information content (AvgIpc) is 1.94. The van der Waals surface area contributed by atoms with Gasteiger partial charge in [0, 0.05) is 0 Å². The molecule has 0 spiro atoms. The lowest BCUT2D eigenvalue weighted by Crippen LogP contribution is -1.94. The van der Waals surface area contributed by atoms with Gasteiger partial charge in [0.05, 0.1) is 13.3 Å². The van der Waals surface area contributed by atoms with Gasteiger partial charge in [-0.15, -0.1) is 7.77 Å². The number of unbranched alkanes of at least 4 members (excludes halogenated alkanes) is 1. The zero-order valence-corrected chi connectivity index (χ0v) is 8.87. The van der Waals surface area contributed by atoms with Gasteiger partial charge < -0.3 is 4.13 Å². The molecule has 0 radical (unpaired) electrons. The smallest absolute Gasteiger partial charge is 0.241 e. The van der Waals surface area contributed by atoms with Crippen LogP contribution in [0, 0.1) is 0 Å². The molecule has 0 N–H and O–H groups in total. The van der Waals surface area contributed by atoms with Gasteiger partial charge in [0.25, 0.3) is 0 Å². The normalized spacial score (nSPS) is 11.7. The molecular weight excluding hydrogens is 266 g/mol. The zero-order valence-electron chi connectivity index (χ0n) is 7.24. The van der Waals surface area contributed by atoms with E-state index in [9.17, 15) is 33.4 Å². The summed E-state index contributed by atoms with van der Waals surface area (Å²) in [6, 6.07) is 0. The molecule has 0 aromatic heterocycles. The van der Waals surface area contributed by atoms with Gasteiger partial charge in [-0.05, 0) is 12.8 Å². The maximum atomic E-state index is 11.1. The summed E-state index contributed by atoms with van der Waals surface area (Å²) in [7, 11) is -11.2. The fraction of sp³-hybridized carbons (Fsp3) is 1.00. The van der Waals surface area contributed by atoms with Gasteiger partial charge in [-0.3, -0.25) is 8.78 Å². The standard InChI is InChI=1S/C4H8F2.F2NO4S2/c5-3-1-2-4-6;1-8(4,5)3-9(2,6)7/h1-4H2;/q;-1. The van der Waals surface area contributed by atoms with Gasteiger partial charge in [0.2, 0.25) is 20.8 Å². The molecule has 0 aliphatic rings. The lowest BCUT2D eigenvalue weighted by atomic mass is 10.4. The molecule has 0 saturated heterocycles. The first-order valence-electron chi connectivity index (χ1n) is 3.37. The lowest BCUT2D eigenvalue weighted by molar-refractivity contribution is 0.409. The summed E-state index contributed by atoms with van der Waals surface area (Å²) in [5, 5.41) is 0. The van der Waals surface area contributed by atoms with Crippen molar-refractivity contribution >= 4 is 20.8 Å². The summed E-state index contributed by atoms with van der Waals surface area (Å²) < 4.78 is 82.1. The number of alkyl halides is 2. The van der Waals surface area contributed by atoms with Crippen LogP contribution in [0.2, 0.25) is 0 Å². The quantitative estimate of drug-likeness (QED) is 0.432. The Kier molecular flexibility index (Phi) is 8.86. The van der Waals surface area contributed by atoms with Gasteiger partial charge in [-0.2, -0.15) is 0 Å². The third-order valence-corrected chi connectivity index (χ3v) is 2.12. The maximum Gasteiger partial charge on any atom is 0.241 e. The van der Waals surface area contributed by atoms with Crippen molar-refractivity contribution in [3.63, 3.8) is 0 Å². The van der Waals surface area contributed by atoms with Crippen LogP contribution >= 0.6 is 0 Å². The van der Waals surface area contributed by atoms with E-state index in [1.54, 1.807) is 0 Å². The predicted molar refractivity (Wildman–Crippen MR) is 44.6 cm³/mol. The minimum Gasteiger partial charge on any atom is -0.379 e. The highest BCUT2D eigenvalue weighted by Crippen LogP contribution is 2.11. The van der Waals surface area contributed by atoms with Crippen LogP contribution < -0.4 is 0 Å². The topological polar surface area (TPSA) is 82.4 Å². The van der Waals surface area contributed by atoms with Gasteiger partial charge in [0.1, 0.15) is 0 Å². The van der Waals surface area contributed by atoms with Crippen molar-refractivity contribution in [3.05, 3.63) is 4.13 Å². The molecule has 0 aromatic rings. The van der Waals surface area contributed by atoms with Gasteiger partial charge in [-0.25, -0.2) is 16.8 Å². The van der Waals surface area contributed by atoms with E-state index < -0.39 is 20.8 Å². The minimum atomic E-state index is -5.62. The molecule has 5 nitrogen and oxygen atoms in total. The molecule has 0 atom stereocenters. The highest BCUT2D eigenvalue weighted by molar-refractivity contribution is 8.07. The van der Waals surface area contributed by atoms with Crippen LogP contribution in [0.25, 0.3) is 4.13 Å². The number of nitrogens with zero attached hydrogens (tertiary/aromatic N) is 1. The van der Waals surface area contributed by atoms with Crippen molar-refractivity contribution in [3.8, 4) is 0 Å². The second-order valence-electron chi connectivity index (χ2n) is 1.98. The van der Waals surface area contributed by atoms with E-state index in [-0.39, 0.29) is 13.3 Å². The third kappa shape index (κ3) is 24.7. The minimum absolute atomic E-state index is 0.372. The fourth-order valence-electron chi connectivity index (χ4n) is 0.295. The molecule has 15 heavy (non-hydrogen) atoms. The van der Waals surface area contributed by atoms with E-state index in [4.69, 9.17) is 0 Å². The van der Waals surface area contributed by atoms with Crippen LogP contribution in [0.15, 0.2) is 0 Å². The molecule has 94 valence electrons.